The fourth-order valence-electron chi connectivity index (χ4n) is 1.65. The zero-order valence-electron chi connectivity index (χ0n) is 8.59. The van der Waals surface area contributed by atoms with Crippen molar-refractivity contribution in [2.45, 2.75) is 25.0 Å². The molecule has 2 saturated heterocycles. The van der Waals surface area contributed by atoms with Gasteiger partial charge in [0.25, 0.3) is 0 Å². The van der Waals surface area contributed by atoms with Crippen LogP contribution in [-0.4, -0.2) is 40.8 Å². The Morgan fingerprint density at radius 1 is 1.19 bits per heavy atom. The molecule has 3 rings (SSSR count). The van der Waals surface area contributed by atoms with E-state index in [0.717, 1.165) is 30.9 Å². The number of nitrogens with zero attached hydrogens (tertiary/aromatic N) is 4. The second kappa shape index (κ2) is 3.77. The van der Waals surface area contributed by atoms with Gasteiger partial charge in [0, 0.05) is 17.1 Å². The van der Waals surface area contributed by atoms with Gasteiger partial charge in [-0.15, -0.1) is 5.10 Å². The first kappa shape index (κ1) is 9.63. The van der Waals surface area contributed by atoms with E-state index in [0.29, 0.717) is 12.2 Å². The number of aromatic nitrogens is 3. The van der Waals surface area contributed by atoms with E-state index in [1.807, 2.05) is 0 Å². The molecule has 2 aliphatic rings. The topological polar surface area (TPSA) is 68.1 Å². The molecule has 2 fully saturated rings. The van der Waals surface area contributed by atoms with Crippen molar-refractivity contribution in [3.05, 3.63) is 22.7 Å². The van der Waals surface area contributed by atoms with E-state index >= 15 is 0 Å². The second-order valence-electron chi connectivity index (χ2n) is 3.97. The summed E-state index contributed by atoms with van der Waals surface area (Å²) < 4.78 is 10.3. The Bertz CT molecular complexity index is 449. The normalized spacial score (nSPS) is 26.2. The van der Waals surface area contributed by atoms with Crippen LogP contribution in [0.5, 0.6) is 0 Å². The van der Waals surface area contributed by atoms with Gasteiger partial charge in [-0.25, -0.2) is 0 Å². The van der Waals surface area contributed by atoms with E-state index in [4.69, 9.17) is 16.0 Å². The Balaban J connectivity index is 1.90. The maximum atomic E-state index is 7.07. The lowest BCUT2D eigenvalue weighted by atomic mass is 10.1. The van der Waals surface area contributed by atoms with Crippen LogP contribution in [0.25, 0.3) is 4.85 Å². The van der Waals surface area contributed by atoms with Gasteiger partial charge in [-0.1, -0.05) is 6.57 Å². The van der Waals surface area contributed by atoms with E-state index in [9.17, 15) is 0 Å². The summed E-state index contributed by atoms with van der Waals surface area (Å²) in [5, 5.41) is 11.4. The Hall–Kier alpha value is -1.58. The monoisotopic (exact) mass is 218 g/mol. The van der Waals surface area contributed by atoms with E-state index in [2.05, 4.69) is 20.3 Å². The molecule has 0 bridgehead atoms. The molecule has 3 heterocycles. The van der Waals surface area contributed by atoms with Crippen molar-refractivity contribution in [1.82, 2.24) is 15.4 Å². The largest absolute Gasteiger partial charge is 0.373 e. The van der Waals surface area contributed by atoms with Crippen LogP contribution >= 0.6 is 0 Å². The summed E-state index contributed by atoms with van der Waals surface area (Å²) in [7, 11) is 0. The van der Waals surface area contributed by atoms with Crippen LogP contribution < -0.4 is 0 Å². The summed E-state index contributed by atoms with van der Waals surface area (Å²) in [6.45, 7) is 8.60. The quantitative estimate of drug-likeness (QED) is 0.537. The van der Waals surface area contributed by atoms with Gasteiger partial charge in [0.2, 0.25) is 0 Å². The zero-order chi connectivity index (χ0) is 11.0. The molecule has 1 aromatic heterocycles. The van der Waals surface area contributed by atoms with Gasteiger partial charge in [-0.3, -0.25) is 0 Å². The van der Waals surface area contributed by atoms with Crippen molar-refractivity contribution in [3.63, 3.8) is 0 Å². The van der Waals surface area contributed by atoms with Gasteiger partial charge in [0.1, 0.15) is 0 Å². The van der Waals surface area contributed by atoms with Gasteiger partial charge >= 0.3 is 5.82 Å². The Kier molecular flexibility index (Phi) is 2.27. The van der Waals surface area contributed by atoms with Gasteiger partial charge in [0.05, 0.1) is 36.3 Å². The zero-order valence-corrected chi connectivity index (χ0v) is 8.59. The lowest BCUT2D eigenvalue weighted by Crippen LogP contribution is -2.08. The number of hydrogen-bond donors (Lipinski definition) is 0. The van der Waals surface area contributed by atoms with Gasteiger partial charge < -0.3 is 14.3 Å². The molecule has 0 saturated carbocycles. The van der Waals surface area contributed by atoms with Crippen molar-refractivity contribution in [1.29, 1.82) is 0 Å². The average Bonchev–Trinajstić information content (AvgIpc) is 3.14. The highest BCUT2D eigenvalue weighted by Crippen LogP contribution is 2.27. The molecule has 16 heavy (non-hydrogen) atoms. The van der Waals surface area contributed by atoms with Crippen LogP contribution in [0, 0.1) is 6.57 Å². The number of rotatable bonds is 4. The predicted molar refractivity (Wildman–Crippen MR) is 53.0 cm³/mol. The van der Waals surface area contributed by atoms with Gasteiger partial charge in [-0.05, 0) is 6.42 Å². The van der Waals surface area contributed by atoms with E-state index in [1.54, 1.807) is 0 Å². The number of hydrogen-bond acceptors (Lipinski definition) is 5. The average molecular weight is 218 g/mol. The van der Waals surface area contributed by atoms with Gasteiger partial charge in [-0.2, -0.15) is 0 Å². The molecule has 2 atom stereocenters. The summed E-state index contributed by atoms with van der Waals surface area (Å²) in [4.78, 5) is 3.38. The lowest BCUT2D eigenvalue weighted by Gasteiger charge is -2.05. The van der Waals surface area contributed by atoms with E-state index in [-0.39, 0.29) is 12.2 Å². The summed E-state index contributed by atoms with van der Waals surface area (Å²) in [5.41, 5.74) is 1.71. The van der Waals surface area contributed by atoms with E-state index in [1.165, 1.54) is 0 Å². The summed E-state index contributed by atoms with van der Waals surface area (Å²) >= 11 is 0. The molecule has 2 aliphatic heterocycles. The molecule has 82 valence electrons. The highest BCUT2D eigenvalue weighted by molar-refractivity contribution is 5.46. The lowest BCUT2D eigenvalue weighted by molar-refractivity contribution is 0.399. The molecule has 0 radical (unpaired) electrons. The standard InChI is InChI=1S/C10H10N4O2/c1-11-10-8(2-6-4-15-6)9(12-14-13-10)3-7-5-16-7/h6-7H,2-5H2. The minimum Gasteiger partial charge on any atom is -0.373 e. The first-order valence-corrected chi connectivity index (χ1v) is 5.18. The molecule has 6 heteroatoms. The van der Waals surface area contributed by atoms with Crippen molar-refractivity contribution >= 4 is 5.82 Å². The van der Waals surface area contributed by atoms with Crippen LogP contribution in [0.15, 0.2) is 0 Å². The van der Waals surface area contributed by atoms with Crippen molar-refractivity contribution in [3.8, 4) is 0 Å². The molecule has 0 N–H and O–H groups in total. The summed E-state index contributed by atoms with van der Waals surface area (Å²) in [6.07, 6.45) is 1.90. The molecular formula is C10H10N4O2. The van der Waals surface area contributed by atoms with Crippen LogP contribution in [-0.2, 0) is 22.3 Å². The maximum Gasteiger partial charge on any atom is 0.303 e. The van der Waals surface area contributed by atoms with Crippen LogP contribution in [0.3, 0.4) is 0 Å². The minimum absolute atomic E-state index is 0.227. The third-order valence-electron chi connectivity index (χ3n) is 2.69. The molecule has 0 aliphatic carbocycles. The highest BCUT2D eigenvalue weighted by atomic mass is 16.6. The van der Waals surface area contributed by atoms with Crippen LogP contribution in [0.2, 0.25) is 0 Å². The Morgan fingerprint density at radius 3 is 2.50 bits per heavy atom. The maximum absolute atomic E-state index is 7.07. The Labute approximate surface area is 92.4 Å². The molecule has 0 spiro atoms. The summed E-state index contributed by atoms with van der Waals surface area (Å²) in [5.74, 6) is 0.348. The molecular weight excluding hydrogens is 208 g/mol. The fraction of sp³-hybridized carbons (Fsp3) is 0.600. The highest BCUT2D eigenvalue weighted by Gasteiger charge is 2.30. The molecule has 6 nitrogen and oxygen atoms in total. The first-order chi connectivity index (χ1) is 7.86. The van der Waals surface area contributed by atoms with Gasteiger partial charge in [0.15, 0.2) is 0 Å². The number of epoxide rings is 2. The molecule has 2 unspecified atom stereocenters. The SMILES string of the molecule is [C-]#[N+]c1nnnc(CC2CO2)c1CC1CO1. The predicted octanol–water partition coefficient (Wildman–Crippen LogP) is 0.305. The van der Waals surface area contributed by atoms with E-state index < -0.39 is 0 Å². The summed E-state index contributed by atoms with van der Waals surface area (Å²) in [6, 6.07) is 0. The molecule has 1 aromatic rings. The number of ether oxygens (including phenoxy) is 2. The van der Waals surface area contributed by atoms with Crippen molar-refractivity contribution in [2.24, 2.45) is 0 Å². The smallest absolute Gasteiger partial charge is 0.303 e. The third-order valence-corrected chi connectivity index (χ3v) is 2.69. The minimum atomic E-state index is 0.227. The van der Waals surface area contributed by atoms with Crippen molar-refractivity contribution < 1.29 is 9.47 Å². The third kappa shape index (κ3) is 2.01. The van der Waals surface area contributed by atoms with Crippen LogP contribution in [0.4, 0.5) is 5.82 Å². The fourth-order valence-corrected chi connectivity index (χ4v) is 1.65. The Morgan fingerprint density at radius 2 is 1.88 bits per heavy atom. The molecule has 0 amide bonds. The second-order valence-corrected chi connectivity index (χ2v) is 3.97. The first-order valence-electron chi connectivity index (χ1n) is 5.18. The molecule has 0 aromatic carbocycles. The van der Waals surface area contributed by atoms with Crippen LogP contribution in [0.1, 0.15) is 11.3 Å². The van der Waals surface area contributed by atoms with Crippen molar-refractivity contribution in [2.75, 3.05) is 13.2 Å².